The Labute approximate surface area is 82.9 Å². The van der Waals surface area contributed by atoms with Gasteiger partial charge in [-0.2, -0.15) is 0 Å². The largest absolute Gasteiger partial charge is 0.465 e. The van der Waals surface area contributed by atoms with Gasteiger partial charge in [-0.15, -0.1) is 0 Å². The fourth-order valence-corrected chi connectivity index (χ4v) is 2.61. The lowest BCUT2D eigenvalue weighted by molar-refractivity contribution is -0.123. The van der Waals surface area contributed by atoms with E-state index in [9.17, 15) is 9.59 Å². The number of Topliss-reactive ketones (excluding diaryl/α,β-unsaturated/α-hetero) is 1. The fraction of sp³-hybridized carbons (Fsp3) is 0.800. The minimum Gasteiger partial charge on any atom is -0.465 e. The molecule has 0 bridgehead atoms. The number of piperidine rings is 1. The van der Waals surface area contributed by atoms with Gasteiger partial charge in [0.2, 0.25) is 0 Å². The predicted octanol–water partition coefficient (Wildman–Crippen LogP) is 1.36. The molecule has 2 rings (SSSR count). The summed E-state index contributed by atoms with van der Waals surface area (Å²) < 4.78 is 0. The fourth-order valence-electron chi connectivity index (χ4n) is 2.61. The average molecular weight is 197 g/mol. The Bertz CT molecular complexity index is 262. The first-order valence-electron chi connectivity index (χ1n) is 5.16. The summed E-state index contributed by atoms with van der Waals surface area (Å²) in [5.41, 5.74) is 0. The maximum atomic E-state index is 11.2. The standard InChI is InChI=1S/C10H15NO3/c12-9-2-1-7-3-4-11(10(13)14)6-8(7)5-9/h7-8H,1-6H2,(H,13,14). The first kappa shape index (κ1) is 9.49. The van der Waals surface area contributed by atoms with Gasteiger partial charge in [0, 0.05) is 25.9 Å². The molecule has 0 aromatic heterocycles. The maximum absolute atomic E-state index is 11.2. The van der Waals surface area contributed by atoms with E-state index < -0.39 is 6.09 Å². The van der Waals surface area contributed by atoms with Crippen molar-refractivity contribution in [1.29, 1.82) is 0 Å². The van der Waals surface area contributed by atoms with Gasteiger partial charge in [-0.1, -0.05) is 0 Å². The topological polar surface area (TPSA) is 57.6 Å². The van der Waals surface area contributed by atoms with Gasteiger partial charge in [0.25, 0.3) is 0 Å². The molecule has 2 aliphatic rings. The summed E-state index contributed by atoms with van der Waals surface area (Å²) in [6.07, 6.45) is 2.35. The van der Waals surface area contributed by atoms with Gasteiger partial charge in [0.05, 0.1) is 0 Å². The maximum Gasteiger partial charge on any atom is 0.407 e. The van der Waals surface area contributed by atoms with Crippen molar-refractivity contribution < 1.29 is 14.7 Å². The zero-order valence-corrected chi connectivity index (χ0v) is 8.11. The average Bonchev–Trinajstić information content (AvgIpc) is 2.16. The smallest absolute Gasteiger partial charge is 0.407 e. The molecule has 4 nitrogen and oxygen atoms in total. The Morgan fingerprint density at radius 1 is 1.36 bits per heavy atom. The van der Waals surface area contributed by atoms with Crippen LogP contribution in [0.4, 0.5) is 4.79 Å². The van der Waals surface area contributed by atoms with Gasteiger partial charge < -0.3 is 10.0 Å². The van der Waals surface area contributed by atoms with Gasteiger partial charge >= 0.3 is 6.09 Å². The van der Waals surface area contributed by atoms with Gasteiger partial charge in [-0.05, 0) is 24.7 Å². The number of ketones is 1. The predicted molar refractivity (Wildman–Crippen MR) is 50.1 cm³/mol. The second-order valence-corrected chi connectivity index (χ2v) is 4.32. The van der Waals surface area contributed by atoms with Crippen molar-refractivity contribution in [3.63, 3.8) is 0 Å². The number of carboxylic acid groups (broad SMARTS) is 1. The Balaban J connectivity index is 1.99. The van der Waals surface area contributed by atoms with Crippen molar-refractivity contribution in [3.05, 3.63) is 0 Å². The normalized spacial score (nSPS) is 32.6. The minimum atomic E-state index is -0.846. The SMILES string of the molecule is O=C1CCC2CCN(C(=O)O)CC2C1. The van der Waals surface area contributed by atoms with Crippen molar-refractivity contribution in [2.45, 2.75) is 25.7 Å². The van der Waals surface area contributed by atoms with Crippen LogP contribution in [0.1, 0.15) is 25.7 Å². The summed E-state index contributed by atoms with van der Waals surface area (Å²) in [5.74, 6) is 1.18. The second kappa shape index (κ2) is 3.59. The van der Waals surface area contributed by atoms with Crippen LogP contribution in [0.15, 0.2) is 0 Å². The van der Waals surface area contributed by atoms with Crippen LogP contribution in [-0.4, -0.2) is 35.0 Å². The number of fused-ring (bicyclic) bond motifs is 1. The van der Waals surface area contributed by atoms with Gasteiger partial charge in [0.15, 0.2) is 0 Å². The highest BCUT2D eigenvalue weighted by atomic mass is 16.4. The van der Waals surface area contributed by atoms with Crippen LogP contribution < -0.4 is 0 Å². The third kappa shape index (κ3) is 1.74. The van der Waals surface area contributed by atoms with Crippen LogP contribution in [0.5, 0.6) is 0 Å². The van der Waals surface area contributed by atoms with Crippen molar-refractivity contribution >= 4 is 11.9 Å². The summed E-state index contributed by atoms with van der Waals surface area (Å²) in [6, 6.07) is 0. The highest BCUT2D eigenvalue weighted by Gasteiger charge is 2.35. The lowest BCUT2D eigenvalue weighted by Gasteiger charge is -2.39. The van der Waals surface area contributed by atoms with Crippen LogP contribution >= 0.6 is 0 Å². The molecule has 1 amide bonds. The van der Waals surface area contributed by atoms with E-state index >= 15 is 0 Å². The summed E-state index contributed by atoms with van der Waals surface area (Å²) in [5, 5.41) is 8.84. The number of amides is 1. The summed E-state index contributed by atoms with van der Waals surface area (Å²) in [7, 11) is 0. The molecule has 1 heterocycles. The van der Waals surface area contributed by atoms with Gasteiger partial charge in [-0.25, -0.2) is 4.79 Å². The molecule has 0 radical (unpaired) electrons. The van der Waals surface area contributed by atoms with Gasteiger partial charge in [-0.3, -0.25) is 4.79 Å². The molecule has 14 heavy (non-hydrogen) atoms. The Morgan fingerprint density at radius 2 is 2.14 bits per heavy atom. The number of carbonyl (C=O) groups is 2. The minimum absolute atomic E-state index is 0.293. The molecule has 0 aromatic carbocycles. The molecule has 4 heteroatoms. The van der Waals surface area contributed by atoms with E-state index in [1.54, 1.807) is 0 Å². The number of rotatable bonds is 0. The molecule has 78 valence electrons. The Hall–Kier alpha value is -1.06. The number of hydrogen-bond donors (Lipinski definition) is 1. The third-order valence-corrected chi connectivity index (χ3v) is 3.45. The van der Waals surface area contributed by atoms with Crippen molar-refractivity contribution in [2.24, 2.45) is 11.8 Å². The Kier molecular flexibility index (Phi) is 2.44. The molecular weight excluding hydrogens is 182 g/mol. The zero-order chi connectivity index (χ0) is 10.1. The lowest BCUT2D eigenvalue weighted by atomic mass is 9.75. The number of likely N-dealkylation sites (tertiary alicyclic amines) is 1. The van der Waals surface area contributed by atoms with E-state index in [0.717, 1.165) is 12.8 Å². The van der Waals surface area contributed by atoms with E-state index in [-0.39, 0.29) is 0 Å². The van der Waals surface area contributed by atoms with Gasteiger partial charge in [0.1, 0.15) is 5.78 Å². The molecular formula is C10H15NO3. The third-order valence-electron chi connectivity index (χ3n) is 3.45. The molecule has 0 spiro atoms. The monoisotopic (exact) mass is 197 g/mol. The highest BCUT2D eigenvalue weighted by molar-refractivity contribution is 5.79. The van der Waals surface area contributed by atoms with Crippen molar-refractivity contribution in [3.8, 4) is 0 Å². The molecule has 2 fully saturated rings. The molecule has 0 aromatic rings. The van der Waals surface area contributed by atoms with Crippen LogP contribution in [0, 0.1) is 11.8 Å². The molecule has 1 saturated heterocycles. The Morgan fingerprint density at radius 3 is 2.86 bits per heavy atom. The van der Waals surface area contributed by atoms with Crippen molar-refractivity contribution in [1.82, 2.24) is 4.90 Å². The zero-order valence-electron chi connectivity index (χ0n) is 8.11. The second-order valence-electron chi connectivity index (χ2n) is 4.32. The van der Waals surface area contributed by atoms with E-state index in [1.807, 2.05) is 0 Å². The van der Waals surface area contributed by atoms with E-state index in [2.05, 4.69) is 0 Å². The highest BCUT2D eigenvalue weighted by Crippen LogP contribution is 2.34. The molecule has 1 N–H and O–H groups in total. The van der Waals surface area contributed by atoms with Crippen LogP contribution in [0.25, 0.3) is 0 Å². The number of nitrogens with zero attached hydrogens (tertiary/aromatic N) is 1. The summed E-state index contributed by atoms with van der Waals surface area (Å²) >= 11 is 0. The lowest BCUT2D eigenvalue weighted by Crippen LogP contribution is -2.45. The first-order valence-corrected chi connectivity index (χ1v) is 5.16. The van der Waals surface area contributed by atoms with Crippen LogP contribution in [0.2, 0.25) is 0 Å². The molecule has 1 saturated carbocycles. The molecule has 1 aliphatic heterocycles. The molecule has 1 aliphatic carbocycles. The van der Waals surface area contributed by atoms with E-state index in [1.165, 1.54) is 4.90 Å². The van der Waals surface area contributed by atoms with E-state index in [0.29, 0.717) is 43.6 Å². The number of carbonyl (C=O) groups excluding carboxylic acids is 1. The first-order chi connectivity index (χ1) is 6.66. The molecule has 2 atom stereocenters. The summed E-state index contributed by atoms with van der Waals surface area (Å²) in [6.45, 7) is 1.20. The van der Waals surface area contributed by atoms with Crippen molar-refractivity contribution in [2.75, 3.05) is 13.1 Å². The number of hydrogen-bond acceptors (Lipinski definition) is 2. The van der Waals surface area contributed by atoms with Crippen LogP contribution in [-0.2, 0) is 4.79 Å². The summed E-state index contributed by atoms with van der Waals surface area (Å²) in [4.78, 5) is 23.4. The van der Waals surface area contributed by atoms with E-state index in [4.69, 9.17) is 5.11 Å². The van der Waals surface area contributed by atoms with Crippen LogP contribution in [0.3, 0.4) is 0 Å². The quantitative estimate of drug-likeness (QED) is 0.637. The molecule has 2 unspecified atom stereocenters.